The Kier molecular flexibility index (Phi) is 53.5. The van der Waals surface area contributed by atoms with E-state index in [1.165, 1.54) is 89.9 Å². The molecule has 0 aliphatic heterocycles. The van der Waals surface area contributed by atoms with Crippen molar-refractivity contribution in [2.75, 3.05) is 40.9 Å². The largest absolute Gasteiger partial charge is 0.472 e. The lowest BCUT2D eigenvalue weighted by Crippen LogP contribution is -2.47. The highest BCUT2D eigenvalue weighted by molar-refractivity contribution is 7.47. The van der Waals surface area contributed by atoms with Gasteiger partial charge in [-0.15, -0.1) is 0 Å². The summed E-state index contributed by atoms with van der Waals surface area (Å²) in [4.78, 5) is 37.7. The fourth-order valence-electron chi connectivity index (χ4n) is 8.38. The molecule has 0 rings (SSSR count). The van der Waals surface area contributed by atoms with Gasteiger partial charge in [0.1, 0.15) is 19.3 Å². The third kappa shape index (κ3) is 57.2. The zero-order valence-electron chi connectivity index (χ0n) is 50.4. The van der Waals surface area contributed by atoms with Gasteiger partial charge in [-0.2, -0.15) is 0 Å². The first-order valence-corrected chi connectivity index (χ1v) is 32.7. The van der Waals surface area contributed by atoms with Crippen LogP contribution in [0, 0.1) is 0 Å². The van der Waals surface area contributed by atoms with E-state index in [4.69, 9.17) is 13.8 Å². The van der Waals surface area contributed by atoms with Gasteiger partial charge in [-0.25, -0.2) is 4.57 Å². The van der Waals surface area contributed by atoms with E-state index in [1.807, 2.05) is 33.3 Å². The van der Waals surface area contributed by atoms with E-state index < -0.39 is 20.0 Å². The fraction of sp³-hybridized carbons (Fsp3) is 0.701. The normalized spacial score (nSPS) is 14.4. The molecule has 0 aromatic rings. The first-order valence-electron chi connectivity index (χ1n) is 31.2. The first kappa shape index (κ1) is 73.7. The molecule has 0 aliphatic carbocycles. The lowest BCUT2D eigenvalue weighted by molar-refractivity contribution is -0.870. The predicted molar refractivity (Wildman–Crippen MR) is 332 cm³/mol. The summed E-state index contributed by atoms with van der Waals surface area (Å²) >= 11 is 0. The van der Waals surface area contributed by atoms with E-state index in [2.05, 4.69) is 123 Å². The number of allylic oxidation sites excluding steroid dienone is 17. The van der Waals surface area contributed by atoms with Gasteiger partial charge >= 0.3 is 13.8 Å². The minimum atomic E-state index is -4.47. The maximum absolute atomic E-state index is 13.5. The highest BCUT2D eigenvalue weighted by atomic mass is 31.2. The summed E-state index contributed by atoms with van der Waals surface area (Å²) in [6, 6.07) is -0.879. The molecule has 9 nitrogen and oxygen atoms in total. The van der Waals surface area contributed by atoms with Crippen molar-refractivity contribution in [2.45, 2.75) is 264 Å². The van der Waals surface area contributed by atoms with Crippen LogP contribution in [0.15, 0.2) is 109 Å². The van der Waals surface area contributed by atoms with E-state index in [9.17, 15) is 19.0 Å². The highest BCUT2D eigenvalue weighted by Crippen LogP contribution is 2.43. The van der Waals surface area contributed by atoms with Crippen LogP contribution in [0.3, 0.4) is 0 Å². The number of unbranched alkanes of at least 4 members (excludes halogenated alkanes) is 23. The van der Waals surface area contributed by atoms with Gasteiger partial charge in [0.15, 0.2) is 0 Å². The van der Waals surface area contributed by atoms with Crippen molar-refractivity contribution in [3.63, 3.8) is 0 Å². The molecule has 3 atom stereocenters. The molecule has 1 amide bonds. The van der Waals surface area contributed by atoms with Crippen LogP contribution in [0.4, 0.5) is 0 Å². The summed E-state index contributed by atoms with van der Waals surface area (Å²) < 4.78 is 30.7. The van der Waals surface area contributed by atoms with E-state index in [0.717, 1.165) is 116 Å². The fourth-order valence-corrected chi connectivity index (χ4v) is 9.12. The quantitative estimate of drug-likeness (QED) is 0.0205. The number of carbonyl (C=O) groups excluding carboxylic acids is 2. The van der Waals surface area contributed by atoms with Crippen molar-refractivity contribution >= 4 is 19.7 Å². The molecular weight excluding hydrogens is 976 g/mol. The number of phosphoric ester groups is 1. The highest BCUT2D eigenvalue weighted by Gasteiger charge is 2.30. The van der Waals surface area contributed by atoms with Gasteiger partial charge in [-0.1, -0.05) is 233 Å². The monoisotopic (exact) mass is 1090 g/mol. The Morgan fingerprint density at radius 3 is 1.29 bits per heavy atom. The molecule has 0 heterocycles. The molecule has 0 aliphatic rings. The van der Waals surface area contributed by atoms with Crippen LogP contribution in [0.25, 0.3) is 0 Å². The average molecular weight is 1090 g/mol. The molecule has 0 spiro atoms. The van der Waals surface area contributed by atoms with Crippen molar-refractivity contribution in [3.05, 3.63) is 109 Å². The Labute approximate surface area is 474 Å². The van der Waals surface area contributed by atoms with E-state index in [1.54, 1.807) is 0 Å². The minimum Gasteiger partial charge on any atom is -0.456 e. The van der Waals surface area contributed by atoms with E-state index in [0.29, 0.717) is 23.9 Å². The summed E-state index contributed by atoms with van der Waals surface area (Å²) in [6.45, 7) is 6.83. The van der Waals surface area contributed by atoms with Crippen LogP contribution in [0.5, 0.6) is 0 Å². The van der Waals surface area contributed by atoms with Crippen LogP contribution in [-0.4, -0.2) is 74.3 Å². The number of quaternary nitrogens is 1. The Hall–Kier alpha value is -3.33. The summed E-state index contributed by atoms with van der Waals surface area (Å²) in [6.07, 6.45) is 76.5. The lowest BCUT2D eigenvalue weighted by Gasteiger charge is -2.27. The smallest absolute Gasteiger partial charge is 0.456 e. The summed E-state index contributed by atoms with van der Waals surface area (Å²) in [5, 5.41) is 3.03. The molecule has 77 heavy (non-hydrogen) atoms. The van der Waals surface area contributed by atoms with Gasteiger partial charge < -0.3 is 19.4 Å². The molecule has 0 aromatic carbocycles. The SMILES string of the molecule is CC/C=C\C/C=C\C/C=C\C/C=C\C/C=C\CCCCCC(=O)NC(COP(=O)(O)OCC[N+](C)(C)C)C(/C=C/CCCCCCCCCCCCC)OC(=O)CCCCCCCC/C=C\C/C=C\C/C=C\CCCCC. The Morgan fingerprint density at radius 1 is 0.468 bits per heavy atom. The third-order valence-electron chi connectivity index (χ3n) is 13.2. The number of hydrogen-bond donors (Lipinski definition) is 2. The second kappa shape index (κ2) is 56.0. The number of amides is 1. The maximum Gasteiger partial charge on any atom is 0.472 e. The summed E-state index contributed by atoms with van der Waals surface area (Å²) in [5.41, 5.74) is 0. The molecule has 442 valence electrons. The van der Waals surface area contributed by atoms with Gasteiger partial charge in [-0.3, -0.25) is 18.6 Å². The predicted octanol–water partition coefficient (Wildman–Crippen LogP) is 19.3. The molecule has 0 fully saturated rings. The van der Waals surface area contributed by atoms with Crippen molar-refractivity contribution in [1.29, 1.82) is 0 Å². The Balaban J connectivity index is 5.39. The van der Waals surface area contributed by atoms with Crippen LogP contribution in [0.1, 0.15) is 252 Å². The molecule has 2 N–H and O–H groups in total. The number of likely N-dealkylation sites (N-methyl/N-ethyl adjacent to an activating group) is 1. The van der Waals surface area contributed by atoms with Crippen LogP contribution in [0.2, 0.25) is 0 Å². The Morgan fingerprint density at radius 2 is 0.831 bits per heavy atom. The van der Waals surface area contributed by atoms with E-state index >= 15 is 0 Å². The topological polar surface area (TPSA) is 111 Å². The zero-order chi connectivity index (χ0) is 56.4. The number of esters is 1. The van der Waals surface area contributed by atoms with Gasteiger partial charge in [0, 0.05) is 12.8 Å². The molecular formula is C67H118N2O7P+. The molecule has 0 bridgehead atoms. The van der Waals surface area contributed by atoms with Gasteiger partial charge in [0.25, 0.3) is 0 Å². The Bertz CT molecular complexity index is 1690. The summed E-state index contributed by atoms with van der Waals surface area (Å²) in [7, 11) is 1.45. The average Bonchev–Trinajstić information content (AvgIpc) is 3.39. The molecule has 0 saturated carbocycles. The van der Waals surface area contributed by atoms with Gasteiger partial charge in [0.2, 0.25) is 5.91 Å². The molecule has 3 unspecified atom stereocenters. The van der Waals surface area contributed by atoms with Crippen molar-refractivity contribution < 1.29 is 37.3 Å². The number of nitrogens with zero attached hydrogens (tertiary/aromatic N) is 1. The second-order valence-corrected chi connectivity index (χ2v) is 23.3. The van der Waals surface area contributed by atoms with Crippen molar-refractivity contribution in [2.24, 2.45) is 0 Å². The number of carbonyl (C=O) groups is 2. The summed E-state index contributed by atoms with van der Waals surface area (Å²) in [5.74, 6) is -0.562. The number of hydrogen-bond acceptors (Lipinski definition) is 6. The number of nitrogens with one attached hydrogen (secondary N) is 1. The molecule has 0 saturated heterocycles. The number of rotatable bonds is 55. The third-order valence-corrected chi connectivity index (χ3v) is 14.2. The van der Waals surface area contributed by atoms with Crippen molar-refractivity contribution in [1.82, 2.24) is 5.32 Å². The van der Waals surface area contributed by atoms with Gasteiger partial charge in [0.05, 0.1) is 33.8 Å². The van der Waals surface area contributed by atoms with Crippen LogP contribution >= 0.6 is 7.82 Å². The van der Waals surface area contributed by atoms with Crippen molar-refractivity contribution in [3.8, 4) is 0 Å². The number of phosphoric acid groups is 1. The second-order valence-electron chi connectivity index (χ2n) is 21.8. The van der Waals surface area contributed by atoms with E-state index in [-0.39, 0.29) is 37.9 Å². The maximum atomic E-state index is 13.5. The number of ether oxygens (including phenoxy) is 1. The van der Waals surface area contributed by atoms with Crippen LogP contribution < -0.4 is 5.32 Å². The van der Waals surface area contributed by atoms with Gasteiger partial charge in [-0.05, 0) is 115 Å². The molecule has 0 radical (unpaired) electrons. The minimum absolute atomic E-state index is 0.0256. The zero-order valence-corrected chi connectivity index (χ0v) is 51.3. The lowest BCUT2D eigenvalue weighted by atomic mass is 10.0. The standard InChI is InChI=1S/C67H117N2O7P/c1-7-10-13-16-19-22-25-28-30-32-34-36-38-41-44-47-50-53-56-59-66(70)68-64(63-75-77(72,73)74-62-61-69(4,5)6)65(58-55-52-49-46-43-40-27-24-21-18-15-12-9-3)76-67(71)60-57-54-51-48-45-42-39-37-35-33-31-29-26-23-20-17-14-11-8-2/h10,13,19-20,22-23,28-31,34-37,41,44,55,58,64-65H,7-9,11-12,14-18,21,24-27,32-33,38-40,42-43,45-54,56-57,59-63H2,1-6H3,(H-,68,70,72,73)/p+1/b13-10-,22-19-,23-20-,30-28-,31-29-,36-34-,37-35-,44-41-,58-55+. The van der Waals surface area contributed by atoms with Crippen LogP contribution in [-0.2, 0) is 27.9 Å². The first-order chi connectivity index (χ1) is 37.4. The molecule has 0 aromatic heterocycles. The molecule has 10 heteroatoms.